The molecule has 1 aliphatic rings. The van der Waals surface area contributed by atoms with Gasteiger partial charge in [0.15, 0.2) is 0 Å². The number of hydrogen-bond acceptors (Lipinski definition) is 1. The van der Waals surface area contributed by atoms with Crippen molar-refractivity contribution in [2.75, 3.05) is 13.1 Å². The average Bonchev–Trinajstić information content (AvgIpc) is 1.90. The zero-order valence-corrected chi connectivity index (χ0v) is 6.75. The number of hydrogen-bond donors (Lipinski definition) is 1. The van der Waals surface area contributed by atoms with Crippen LogP contribution < -0.4 is 5.32 Å². The molecule has 0 saturated carbocycles. The number of halogens is 2. The van der Waals surface area contributed by atoms with E-state index in [2.05, 4.69) is 5.32 Å². The molecule has 0 spiro atoms. The summed E-state index contributed by atoms with van der Waals surface area (Å²) in [6.07, 6.45) is 2.25. The van der Waals surface area contributed by atoms with Crippen LogP contribution in [0.3, 0.4) is 0 Å². The molecule has 54 valence electrons. The molecule has 9 heavy (non-hydrogen) atoms. The van der Waals surface area contributed by atoms with Crippen LogP contribution in [0.1, 0.15) is 12.8 Å². The van der Waals surface area contributed by atoms with Crippen LogP contribution in [0.15, 0.2) is 0 Å². The highest BCUT2D eigenvalue weighted by molar-refractivity contribution is 6.44. The van der Waals surface area contributed by atoms with Gasteiger partial charge in [-0.15, -0.1) is 23.2 Å². The van der Waals surface area contributed by atoms with Gasteiger partial charge in [0.2, 0.25) is 0 Å². The van der Waals surface area contributed by atoms with Gasteiger partial charge < -0.3 is 5.32 Å². The molecule has 0 aromatic rings. The number of piperidine rings is 1. The molecular weight excluding hydrogens is 157 g/mol. The van der Waals surface area contributed by atoms with E-state index in [9.17, 15) is 0 Å². The van der Waals surface area contributed by atoms with Crippen molar-refractivity contribution in [2.24, 2.45) is 5.92 Å². The van der Waals surface area contributed by atoms with Gasteiger partial charge in [0.1, 0.15) is 4.84 Å². The predicted octanol–water partition coefficient (Wildman–Crippen LogP) is 1.79. The maximum atomic E-state index is 5.69. The molecule has 1 heterocycles. The molecule has 0 unspecified atom stereocenters. The first-order valence-corrected chi connectivity index (χ1v) is 4.17. The van der Waals surface area contributed by atoms with Gasteiger partial charge >= 0.3 is 0 Å². The summed E-state index contributed by atoms with van der Waals surface area (Å²) in [4.78, 5) is -0.160. The third kappa shape index (κ3) is 2.32. The molecule has 0 amide bonds. The van der Waals surface area contributed by atoms with E-state index in [-0.39, 0.29) is 4.84 Å². The highest BCUT2D eigenvalue weighted by atomic mass is 35.5. The zero-order chi connectivity index (χ0) is 6.69. The Balaban J connectivity index is 2.23. The van der Waals surface area contributed by atoms with Gasteiger partial charge in [-0.25, -0.2) is 0 Å². The van der Waals surface area contributed by atoms with Crippen LogP contribution in [0.25, 0.3) is 0 Å². The van der Waals surface area contributed by atoms with E-state index in [1.165, 1.54) is 0 Å². The Labute approximate surface area is 65.7 Å². The molecule has 1 rings (SSSR count). The molecule has 0 atom stereocenters. The monoisotopic (exact) mass is 167 g/mol. The fourth-order valence-electron chi connectivity index (χ4n) is 1.10. The Morgan fingerprint density at radius 1 is 1.22 bits per heavy atom. The van der Waals surface area contributed by atoms with Gasteiger partial charge in [-0.3, -0.25) is 0 Å². The lowest BCUT2D eigenvalue weighted by Crippen LogP contribution is -2.30. The fourth-order valence-corrected chi connectivity index (χ4v) is 1.60. The van der Waals surface area contributed by atoms with Crippen molar-refractivity contribution in [1.82, 2.24) is 5.32 Å². The van der Waals surface area contributed by atoms with Gasteiger partial charge in [-0.05, 0) is 31.8 Å². The van der Waals surface area contributed by atoms with Crippen LogP contribution in [-0.2, 0) is 0 Å². The minimum atomic E-state index is -0.160. The van der Waals surface area contributed by atoms with E-state index in [4.69, 9.17) is 23.2 Å². The van der Waals surface area contributed by atoms with Crippen molar-refractivity contribution < 1.29 is 0 Å². The van der Waals surface area contributed by atoms with Gasteiger partial charge in [-0.2, -0.15) is 0 Å². The second kappa shape index (κ2) is 3.65. The molecule has 3 heteroatoms. The standard InChI is InChI=1S/C6H11Cl2N/c7-6(8)5-1-3-9-4-2-5/h5-6,9H,1-4H2. The van der Waals surface area contributed by atoms with Gasteiger partial charge in [0.25, 0.3) is 0 Å². The fraction of sp³-hybridized carbons (Fsp3) is 1.00. The number of rotatable bonds is 1. The molecule has 0 bridgehead atoms. The molecular formula is C6H11Cl2N. The molecule has 1 aliphatic heterocycles. The van der Waals surface area contributed by atoms with E-state index in [1.807, 2.05) is 0 Å². The smallest absolute Gasteiger partial charge is 0.110 e. The van der Waals surface area contributed by atoms with E-state index in [0.29, 0.717) is 5.92 Å². The van der Waals surface area contributed by atoms with Crippen LogP contribution in [0, 0.1) is 5.92 Å². The molecule has 1 saturated heterocycles. The Hall–Kier alpha value is 0.540. The number of alkyl halides is 2. The van der Waals surface area contributed by atoms with Crippen molar-refractivity contribution in [3.63, 3.8) is 0 Å². The summed E-state index contributed by atoms with van der Waals surface area (Å²) in [6, 6.07) is 0. The normalized spacial score (nSPS) is 23.0. The first kappa shape index (κ1) is 7.64. The van der Waals surface area contributed by atoms with E-state index >= 15 is 0 Å². The molecule has 0 radical (unpaired) electrons. The summed E-state index contributed by atoms with van der Waals surface area (Å²) in [5, 5.41) is 3.25. The summed E-state index contributed by atoms with van der Waals surface area (Å²) in [5.41, 5.74) is 0. The van der Waals surface area contributed by atoms with E-state index < -0.39 is 0 Å². The maximum Gasteiger partial charge on any atom is 0.110 e. The largest absolute Gasteiger partial charge is 0.317 e. The Kier molecular flexibility index (Phi) is 3.10. The van der Waals surface area contributed by atoms with Crippen molar-refractivity contribution in [1.29, 1.82) is 0 Å². The van der Waals surface area contributed by atoms with E-state index in [0.717, 1.165) is 25.9 Å². The first-order chi connectivity index (χ1) is 4.30. The third-order valence-electron chi connectivity index (χ3n) is 1.74. The van der Waals surface area contributed by atoms with Crippen molar-refractivity contribution in [3.05, 3.63) is 0 Å². The predicted molar refractivity (Wildman–Crippen MR) is 41.1 cm³/mol. The molecule has 1 fully saturated rings. The first-order valence-electron chi connectivity index (χ1n) is 3.29. The van der Waals surface area contributed by atoms with Crippen molar-refractivity contribution in [3.8, 4) is 0 Å². The quantitative estimate of drug-likeness (QED) is 0.588. The lowest BCUT2D eigenvalue weighted by Gasteiger charge is -2.22. The van der Waals surface area contributed by atoms with Crippen LogP contribution >= 0.6 is 23.2 Å². The topological polar surface area (TPSA) is 12.0 Å². The van der Waals surface area contributed by atoms with Crippen LogP contribution in [0.4, 0.5) is 0 Å². The molecule has 1 nitrogen and oxygen atoms in total. The second-order valence-corrected chi connectivity index (χ2v) is 3.59. The molecule has 0 aliphatic carbocycles. The summed E-state index contributed by atoms with van der Waals surface area (Å²) in [5.74, 6) is 0.523. The summed E-state index contributed by atoms with van der Waals surface area (Å²) in [6.45, 7) is 2.14. The van der Waals surface area contributed by atoms with Crippen molar-refractivity contribution in [2.45, 2.75) is 17.7 Å². The SMILES string of the molecule is ClC(Cl)C1CCNCC1. The highest BCUT2D eigenvalue weighted by Crippen LogP contribution is 2.23. The lowest BCUT2D eigenvalue weighted by atomic mass is 10.0. The summed E-state index contributed by atoms with van der Waals surface area (Å²) >= 11 is 11.4. The van der Waals surface area contributed by atoms with Crippen LogP contribution in [0.5, 0.6) is 0 Å². The van der Waals surface area contributed by atoms with E-state index in [1.54, 1.807) is 0 Å². The lowest BCUT2D eigenvalue weighted by molar-refractivity contribution is 0.393. The minimum Gasteiger partial charge on any atom is -0.317 e. The number of nitrogens with one attached hydrogen (secondary N) is 1. The van der Waals surface area contributed by atoms with Gasteiger partial charge in [0, 0.05) is 0 Å². The van der Waals surface area contributed by atoms with Gasteiger partial charge in [0.05, 0.1) is 0 Å². The summed E-state index contributed by atoms with van der Waals surface area (Å²) in [7, 11) is 0. The zero-order valence-electron chi connectivity index (χ0n) is 5.24. The minimum absolute atomic E-state index is 0.160. The van der Waals surface area contributed by atoms with Crippen LogP contribution in [0.2, 0.25) is 0 Å². The average molecular weight is 168 g/mol. The Morgan fingerprint density at radius 2 is 1.78 bits per heavy atom. The van der Waals surface area contributed by atoms with Gasteiger partial charge in [-0.1, -0.05) is 0 Å². The second-order valence-electron chi connectivity index (χ2n) is 2.42. The van der Waals surface area contributed by atoms with Crippen LogP contribution in [-0.4, -0.2) is 17.9 Å². The third-order valence-corrected chi connectivity index (χ3v) is 2.45. The maximum absolute atomic E-state index is 5.69. The summed E-state index contributed by atoms with van der Waals surface area (Å²) < 4.78 is 0. The Bertz CT molecular complexity index is 79.1. The molecule has 0 aromatic heterocycles. The highest BCUT2D eigenvalue weighted by Gasteiger charge is 2.18. The molecule has 0 aromatic carbocycles. The Morgan fingerprint density at radius 3 is 2.11 bits per heavy atom. The van der Waals surface area contributed by atoms with Crippen molar-refractivity contribution >= 4 is 23.2 Å². The molecule has 1 N–H and O–H groups in total.